The van der Waals surface area contributed by atoms with E-state index in [2.05, 4.69) is 0 Å². The minimum atomic E-state index is -0.302. The van der Waals surface area contributed by atoms with E-state index in [4.69, 9.17) is 0 Å². The van der Waals surface area contributed by atoms with Gasteiger partial charge in [-0.25, -0.2) is 4.39 Å². The molecule has 1 aliphatic rings. The zero-order valence-electron chi connectivity index (χ0n) is 7.60. The average Bonchev–Trinajstić information content (AvgIpc) is 2.27. The second-order valence-corrected chi connectivity index (χ2v) is 3.38. The molecule has 0 saturated carbocycles. The number of hydrogen-bond donors (Lipinski definition) is 0. The summed E-state index contributed by atoms with van der Waals surface area (Å²) >= 11 is 0. The molecule has 1 heterocycles. The number of anilines is 1. The molecule has 0 spiro atoms. The van der Waals surface area contributed by atoms with Crippen molar-refractivity contribution in [1.29, 1.82) is 0 Å². The van der Waals surface area contributed by atoms with Crippen molar-refractivity contribution in [2.24, 2.45) is 0 Å². The highest BCUT2D eigenvalue weighted by molar-refractivity contribution is 6.01. The van der Waals surface area contributed by atoms with Crippen LogP contribution in [-0.2, 0) is 11.2 Å². The Hall–Kier alpha value is -1.38. The van der Waals surface area contributed by atoms with Crippen LogP contribution in [0.5, 0.6) is 0 Å². The van der Waals surface area contributed by atoms with Gasteiger partial charge in [-0.15, -0.1) is 0 Å². The Morgan fingerprint density at radius 2 is 2.15 bits per heavy atom. The number of benzene rings is 1. The van der Waals surface area contributed by atoms with E-state index in [-0.39, 0.29) is 11.7 Å². The first-order valence-corrected chi connectivity index (χ1v) is 4.15. The molecule has 0 unspecified atom stereocenters. The highest BCUT2D eigenvalue weighted by atomic mass is 19.1. The highest BCUT2D eigenvalue weighted by Crippen LogP contribution is 2.31. The van der Waals surface area contributed by atoms with E-state index in [0.717, 1.165) is 11.1 Å². The number of aryl methyl sites for hydroxylation is 1. The minimum Gasteiger partial charge on any atom is -0.312 e. The first-order valence-electron chi connectivity index (χ1n) is 4.15. The first kappa shape index (κ1) is 8.23. The Balaban J connectivity index is 2.64. The van der Waals surface area contributed by atoms with Crippen LogP contribution in [0.15, 0.2) is 12.1 Å². The lowest BCUT2D eigenvalue weighted by molar-refractivity contribution is -0.117. The highest BCUT2D eigenvalue weighted by Gasteiger charge is 2.27. The molecule has 1 amide bonds. The van der Waals surface area contributed by atoms with Crippen LogP contribution in [0.3, 0.4) is 0 Å². The lowest BCUT2D eigenvalue weighted by Gasteiger charge is -2.10. The number of carbonyl (C=O) groups excluding carboxylic acids is 1. The predicted molar refractivity (Wildman–Crippen MR) is 48.3 cm³/mol. The summed E-state index contributed by atoms with van der Waals surface area (Å²) in [5, 5.41) is 0. The second-order valence-electron chi connectivity index (χ2n) is 3.38. The Labute approximate surface area is 76.0 Å². The SMILES string of the molecule is Cc1cc(F)c2c(c1)CC(=O)N2C. The number of halogens is 1. The molecule has 2 rings (SSSR count). The van der Waals surface area contributed by atoms with Crippen molar-refractivity contribution in [3.63, 3.8) is 0 Å². The lowest BCUT2D eigenvalue weighted by atomic mass is 10.1. The fourth-order valence-corrected chi connectivity index (χ4v) is 1.72. The fourth-order valence-electron chi connectivity index (χ4n) is 1.72. The van der Waals surface area contributed by atoms with E-state index < -0.39 is 0 Å². The van der Waals surface area contributed by atoms with Crippen molar-refractivity contribution in [1.82, 2.24) is 0 Å². The third-order valence-electron chi connectivity index (χ3n) is 2.34. The molecular formula is C10H10FNO. The smallest absolute Gasteiger partial charge is 0.231 e. The molecule has 0 atom stereocenters. The Bertz CT molecular complexity index is 387. The first-order chi connectivity index (χ1) is 6.09. The molecule has 2 nitrogen and oxygen atoms in total. The molecule has 3 heteroatoms. The molecule has 0 bridgehead atoms. The maximum absolute atomic E-state index is 13.4. The van der Waals surface area contributed by atoms with Crippen molar-refractivity contribution in [3.05, 3.63) is 29.1 Å². The molecule has 0 radical (unpaired) electrons. The van der Waals surface area contributed by atoms with Crippen LogP contribution in [0.4, 0.5) is 10.1 Å². The van der Waals surface area contributed by atoms with Crippen LogP contribution in [0, 0.1) is 12.7 Å². The van der Waals surface area contributed by atoms with Crippen LogP contribution in [0.1, 0.15) is 11.1 Å². The van der Waals surface area contributed by atoms with Gasteiger partial charge in [0.1, 0.15) is 5.82 Å². The van der Waals surface area contributed by atoms with E-state index in [1.807, 2.05) is 13.0 Å². The maximum Gasteiger partial charge on any atom is 0.231 e. The topological polar surface area (TPSA) is 20.3 Å². The zero-order valence-corrected chi connectivity index (χ0v) is 7.60. The average molecular weight is 179 g/mol. The molecule has 68 valence electrons. The number of amides is 1. The summed E-state index contributed by atoms with van der Waals surface area (Å²) in [5.41, 5.74) is 2.10. The van der Waals surface area contributed by atoms with Crippen molar-refractivity contribution in [3.8, 4) is 0 Å². The van der Waals surface area contributed by atoms with Gasteiger partial charge in [-0.05, 0) is 24.1 Å². The van der Waals surface area contributed by atoms with Crippen LogP contribution >= 0.6 is 0 Å². The van der Waals surface area contributed by atoms with Gasteiger partial charge in [-0.3, -0.25) is 4.79 Å². The van der Waals surface area contributed by atoms with Crippen molar-refractivity contribution >= 4 is 11.6 Å². The van der Waals surface area contributed by atoms with E-state index in [0.29, 0.717) is 12.1 Å². The normalized spacial score (nSPS) is 15.0. The quantitative estimate of drug-likeness (QED) is 0.593. The Morgan fingerprint density at radius 3 is 2.85 bits per heavy atom. The van der Waals surface area contributed by atoms with E-state index >= 15 is 0 Å². The van der Waals surface area contributed by atoms with Gasteiger partial charge in [0.15, 0.2) is 0 Å². The van der Waals surface area contributed by atoms with Gasteiger partial charge in [0.25, 0.3) is 0 Å². The summed E-state index contributed by atoms with van der Waals surface area (Å²) < 4.78 is 13.4. The van der Waals surface area contributed by atoms with Crippen LogP contribution < -0.4 is 4.90 Å². The third-order valence-corrected chi connectivity index (χ3v) is 2.34. The molecule has 1 aromatic carbocycles. The Kier molecular flexibility index (Phi) is 1.62. The predicted octanol–water partition coefficient (Wildman–Crippen LogP) is 1.65. The minimum absolute atomic E-state index is 0.0421. The lowest BCUT2D eigenvalue weighted by Crippen LogP contribution is -2.21. The summed E-state index contributed by atoms with van der Waals surface area (Å²) in [5.74, 6) is -0.345. The van der Waals surface area contributed by atoms with Gasteiger partial charge >= 0.3 is 0 Å². The molecule has 0 fully saturated rings. The molecule has 0 N–H and O–H groups in total. The van der Waals surface area contributed by atoms with E-state index in [9.17, 15) is 9.18 Å². The largest absolute Gasteiger partial charge is 0.312 e. The molecular weight excluding hydrogens is 169 g/mol. The van der Waals surface area contributed by atoms with Crippen LogP contribution in [0.2, 0.25) is 0 Å². The monoisotopic (exact) mass is 179 g/mol. The number of nitrogens with zero attached hydrogens (tertiary/aromatic N) is 1. The summed E-state index contributed by atoms with van der Waals surface area (Å²) in [6.45, 7) is 1.83. The van der Waals surface area contributed by atoms with Gasteiger partial charge < -0.3 is 4.90 Å². The summed E-state index contributed by atoms with van der Waals surface area (Å²) in [4.78, 5) is 12.6. The van der Waals surface area contributed by atoms with Gasteiger partial charge in [0.2, 0.25) is 5.91 Å². The number of carbonyl (C=O) groups is 1. The molecule has 1 aliphatic heterocycles. The van der Waals surface area contributed by atoms with E-state index in [1.165, 1.54) is 11.0 Å². The molecule has 0 aliphatic carbocycles. The van der Waals surface area contributed by atoms with Gasteiger partial charge in [0, 0.05) is 7.05 Å². The number of fused-ring (bicyclic) bond motifs is 1. The van der Waals surface area contributed by atoms with Crippen molar-refractivity contribution < 1.29 is 9.18 Å². The van der Waals surface area contributed by atoms with E-state index in [1.54, 1.807) is 7.05 Å². The van der Waals surface area contributed by atoms with Crippen LogP contribution in [0.25, 0.3) is 0 Å². The van der Waals surface area contributed by atoms with Gasteiger partial charge in [-0.2, -0.15) is 0 Å². The van der Waals surface area contributed by atoms with Crippen molar-refractivity contribution in [2.45, 2.75) is 13.3 Å². The summed E-state index contributed by atoms with van der Waals surface area (Å²) in [7, 11) is 1.60. The third kappa shape index (κ3) is 1.11. The molecule has 0 aromatic heterocycles. The molecule has 1 aromatic rings. The van der Waals surface area contributed by atoms with Gasteiger partial charge in [0.05, 0.1) is 12.1 Å². The molecule has 0 saturated heterocycles. The second kappa shape index (κ2) is 2.55. The number of likely N-dealkylation sites (N-methyl/N-ethyl adjacent to an activating group) is 1. The Morgan fingerprint density at radius 1 is 1.46 bits per heavy atom. The zero-order chi connectivity index (χ0) is 9.59. The standard InChI is InChI=1S/C10H10FNO/c1-6-3-7-5-9(13)12(2)10(7)8(11)4-6/h3-4H,5H2,1-2H3. The number of hydrogen-bond acceptors (Lipinski definition) is 1. The van der Waals surface area contributed by atoms with Gasteiger partial charge in [-0.1, -0.05) is 6.07 Å². The van der Waals surface area contributed by atoms with Crippen LogP contribution in [-0.4, -0.2) is 13.0 Å². The fraction of sp³-hybridized carbons (Fsp3) is 0.300. The van der Waals surface area contributed by atoms with Crippen molar-refractivity contribution in [2.75, 3.05) is 11.9 Å². The number of rotatable bonds is 0. The molecule has 13 heavy (non-hydrogen) atoms. The summed E-state index contributed by atoms with van der Waals surface area (Å²) in [6.07, 6.45) is 0.324. The summed E-state index contributed by atoms with van der Waals surface area (Å²) in [6, 6.07) is 3.31. The maximum atomic E-state index is 13.4.